The minimum atomic E-state index is 0.246. The first-order chi connectivity index (χ1) is 12.9. The van der Waals surface area contributed by atoms with Crippen LogP contribution in [-0.2, 0) is 11.2 Å². The van der Waals surface area contributed by atoms with Crippen molar-refractivity contribution in [3.8, 4) is 0 Å². The molecule has 3 rings (SSSR count). The van der Waals surface area contributed by atoms with Crippen molar-refractivity contribution in [1.82, 2.24) is 14.7 Å². The summed E-state index contributed by atoms with van der Waals surface area (Å²) in [6.45, 7) is 12.6. The van der Waals surface area contributed by atoms with E-state index in [1.165, 1.54) is 17.0 Å². The highest BCUT2D eigenvalue weighted by Gasteiger charge is 2.27. The molecule has 4 heteroatoms. The Balaban J connectivity index is 1.65. The lowest BCUT2D eigenvalue weighted by molar-refractivity contribution is -0.131. The second-order valence-corrected chi connectivity index (χ2v) is 8.46. The van der Waals surface area contributed by atoms with Crippen LogP contribution in [-0.4, -0.2) is 33.7 Å². The van der Waals surface area contributed by atoms with Gasteiger partial charge in [0.25, 0.3) is 0 Å². The monoisotopic (exact) mass is 367 g/mol. The maximum Gasteiger partial charge on any atom is 0.227 e. The Morgan fingerprint density at radius 1 is 1.11 bits per heavy atom. The van der Waals surface area contributed by atoms with Crippen molar-refractivity contribution in [3.05, 3.63) is 52.8 Å². The topological polar surface area (TPSA) is 38.1 Å². The van der Waals surface area contributed by atoms with Crippen LogP contribution in [0.1, 0.15) is 80.9 Å². The summed E-state index contributed by atoms with van der Waals surface area (Å²) < 4.78 is 2.25. The van der Waals surface area contributed by atoms with E-state index in [0.29, 0.717) is 24.3 Å². The van der Waals surface area contributed by atoms with Gasteiger partial charge in [-0.05, 0) is 48.8 Å². The van der Waals surface area contributed by atoms with E-state index in [1.54, 1.807) is 0 Å². The zero-order valence-electron chi connectivity index (χ0n) is 17.4. The third-order valence-electron chi connectivity index (χ3n) is 5.73. The predicted octanol–water partition coefficient (Wildman–Crippen LogP) is 4.84. The molecule has 1 fully saturated rings. The number of aromatic nitrogens is 2. The normalized spacial score (nSPS) is 15.7. The third kappa shape index (κ3) is 4.42. The molecule has 0 spiro atoms. The number of benzene rings is 1. The van der Waals surface area contributed by atoms with Gasteiger partial charge < -0.3 is 4.90 Å². The molecule has 1 aromatic carbocycles. The number of piperidine rings is 1. The van der Waals surface area contributed by atoms with Gasteiger partial charge in [0.05, 0.1) is 18.2 Å². The lowest BCUT2D eigenvalue weighted by Gasteiger charge is -2.33. The van der Waals surface area contributed by atoms with Gasteiger partial charge in [-0.15, -0.1) is 0 Å². The van der Waals surface area contributed by atoms with Crippen LogP contribution < -0.4 is 0 Å². The molecule has 0 aliphatic carbocycles. The number of nitrogens with zero attached hydrogens (tertiary/aromatic N) is 3. The molecule has 0 saturated carbocycles. The Hall–Kier alpha value is -2.10. The van der Waals surface area contributed by atoms with Crippen molar-refractivity contribution < 1.29 is 4.79 Å². The van der Waals surface area contributed by atoms with Crippen molar-refractivity contribution >= 4 is 5.91 Å². The summed E-state index contributed by atoms with van der Waals surface area (Å²) >= 11 is 0. The molecule has 2 aromatic rings. The fourth-order valence-electron chi connectivity index (χ4n) is 3.88. The molecule has 0 unspecified atom stereocenters. The van der Waals surface area contributed by atoms with Crippen molar-refractivity contribution in [1.29, 1.82) is 0 Å². The van der Waals surface area contributed by atoms with E-state index in [-0.39, 0.29) is 5.91 Å². The van der Waals surface area contributed by atoms with Gasteiger partial charge in [0.1, 0.15) is 0 Å². The van der Waals surface area contributed by atoms with Crippen LogP contribution in [0, 0.1) is 6.92 Å². The summed E-state index contributed by atoms with van der Waals surface area (Å²) in [6, 6.07) is 10.8. The van der Waals surface area contributed by atoms with E-state index in [0.717, 1.165) is 31.5 Å². The number of amides is 1. The van der Waals surface area contributed by atoms with Gasteiger partial charge in [0, 0.05) is 18.8 Å². The Morgan fingerprint density at radius 2 is 1.78 bits per heavy atom. The third-order valence-corrected chi connectivity index (χ3v) is 5.73. The highest BCUT2D eigenvalue weighted by atomic mass is 16.2. The highest BCUT2D eigenvalue weighted by molar-refractivity contribution is 5.79. The van der Waals surface area contributed by atoms with Crippen molar-refractivity contribution in [2.45, 2.75) is 71.8 Å². The number of aryl methyl sites for hydroxylation is 1. The molecule has 2 heterocycles. The number of hydrogen-bond acceptors (Lipinski definition) is 2. The fraction of sp³-hybridized carbons (Fsp3) is 0.565. The summed E-state index contributed by atoms with van der Waals surface area (Å²) in [5.41, 5.74) is 4.83. The fourth-order valence-corrected chi connectivity index (χ4v) is 3.88. The van der Waals surface area contributed by atoms with E-state index in [4.69, 9.17) is 5.10 Å². The number of likely N-dealkylation sites (tertiary alicyclic amines) is 1. The van der Waals surface area contributed by atoms with Crippen LogP contribution in [0.5, 0.6) is 0 Å². The van der Waals surface area contributed by atoms with Crippen LogP contribution in [0.3, 0.4) is 0 Å². The summed E-state index contributed by atoms with van der Waals surface area (Å²) in [5.74, 6) is 1.15. The van der Waals surface area contributed by atoms with Gasteiger partial charge in [-0.25, -0.2) is 0 Å². The molecule has 0 radical (unpaired) electrons. The maximum absolute atomic E-state index is 12.7. The first-order valence-electron chi connectivity index (χ1n) is 10.3. The van der Waals surface area contributed by atoms with Crippen LogP contribution in [0.15, 0.2) is 30.3 Å². The molecule has 1 aliphatic rings. The number of carbonyl (C=O) groups excluding carboxylic acids is 1. The van der Waals surface area contributed by atoms with Gasteiger partial charge in [-0.1, -0.05) is 52.0 Å². The second kappa shape index (κ2) is 8.28. The molecule has 1 amide bonds. The summed E-state index contributed by atoms with van der Waals surface area (Å²) in [6.07, 6.45) is 2.48. The predicted molar refractivity (Wildman–Crippen MR) is 110 cm³/mol. The molecule has 146 valence electrons. The zero-order chi connectivity index (χ0) is 19.6. The number of hydrogen-bond donors (Lipinski definition) is 0. The highest BCUT2D eigenvalue weighted by Crippen LogP contribution is 2.29. The van der Waals surface area contributed by atoms with Crippen LogP contribution in [0.4, 0.5) is 0 Å². The molecular formula is C23H33N3O. The second-order valence-electron chi connectivity index (χ2n) is 8.46. The molecule has 1 saturated heterocycles. The van der Waals surface area contributed by atoms with E-state index in [1.807, 2.05) is 17.0 Å². The van der Waals surface area contributed by atoms with Crippen molar-refractivity contribution in [3.63, 3.8) is 0 Å². The largest absolute Gasteiger partial charge is 0.342 e. The summed E-state index contributed by atoms with van der Waals surface area (Å²) in [5, 5.41) is 4.92. The Labute approximate surface area is 163 Å². The quantitative estimate of drug-likeness (QED) is 0.758. The van der Waals surface area contributed by atoms with Crippen molar-refractivity contribution in [2.75, 3.05) is 13.1 Å². The first kappa shape index (κ1) is 19.7. The number of rotatable bonds is 5. The van der Waals surface area contributed by atoms with Gasteiger partial charge in [0.2, 0.25) is 5.91 Å². The van der Waals surface area contributed by atoms with Crippen LogP contribution >= 0.6 is 0 Å². The SMILES string of the molecule is Cc1ccccc1CC(=O)N1CCC(n2nc(C(C)C)cc2C(C)C)CC1. The van der Waals surface area contributed by atoms with Crippen LogP contribution in [0.2, 0.25) is 0 Å². The summed E-state index contributed by atoms with van der Waals surface area (Å²) in [4.78, 5) is 14.8. The molecular weight excluding hydrogens is 334 g/mol. The molecule has 1 aliphatic heterocycles. The first-order valence-corrected chi connectivity index (χ1v) is 10.3. The van der Waals surface area contributed by atoms with E-state index in [2.05, 4.69) is 57.5 Å². The standard InChI is InChI=1S/C23H33N3O/c1-16(2)21-15-22(17(3)4)26(24-21)20-10-12-25(13-11-20)23(27)14-19-9-7-6-8-18(19)5/h6-9,15-17,20H,10-14H2,1-5H3. The van der Waals surface area contributed by atoms with Crippen molar-refractivity contribution in [2.24, 2.45) is 0 Å². The lowest BCUT2D eigenvalue weighted by atomic mass is 10.0. The van der Waals surface area contributed by atoms with E-state index < -0.39 is 0 Å². The molecule has 1 aromatic heterocycles. The van der Waals surface area contributed by atoms with Gasteiger partial charge in [0.15, 0.2) is 0 Å². The van der Waals surface area contributed by atoms with E-state index in [9.17, 15) is 4.79 Å². The Bertz CT molecular complexity index is 783. The zero-order valence-corrected chi connectivity index (χ0v) is 17.4. The Morgan fingerprint density at radius 3 is 2.37 bits per heavy atom. The minimum Gasteiger partial charge on any atom is -0.342 e. The molecule has 0 N–H and O–H groups in total. The molecule has 0 atom stereocenters. The molecule has 4 nitrogen and oxygen atoms in total. The molecule has 0 bridgehead atoms. The smallest absolute Gasteiger partial charge is 0.227 e. The van der Waals surface area contributed by atoms with Crippen LogP contribution in [0.25, 0.3) is 0 Å². The van der Waals surface area contributed by atoms with E-state index >= 15 is 0 Å². The number of carbonyl (C=O) groups is 1. The van der Waals surface area contributed by atoms with Gasteiger partial charge in [-0.2, -0.15) is 5.10 Å². The minimum absolute atomic E-state index is 0.246. The van der Waals surface area contributed by atoms with Gasteiger partial charge in [-0.3, -0.25) is 9.48 Å². The average molecular weight is 368 g/mol. The lowest BCUT2D eigenvalue weighted by Crippen LogP contribution is -2.40. The summed E-state index contributed by atoms with van der Waals surface area (Å²) in [7, 11) is 0. The maximum atomic E-state index is 12.7. The van der Waals surface area contributed by atoms with Gasteiger partial charge >= 0.3 is 0 Å². The Kier molecular flexibility index (Phi) is 6.03. The average Bonchev–Trinajstić information content (AvgIpc) is 3.10. The molecule has 27 heavy (non-hydrogen) atoms.